The van der Waals surface area contributed by atoms with Crippen molar-refractivity contribution < 1.29 is 4.79 Å². The van der Waals surface area contributed by atoms with Gasteiger partial charge in [-0.1, -0.05) is 38.6 Å². The Kier molecular flexibility index (Phi) is 3.48. The Labute approximate surface area is 128 Å². The molecular weight excluding hydrogens is 274 g/mol. The van der Waals surface area contributed by atoms with Gasteiger partial charge in [-0.2, -0.15) is 0 Å². The molecule has 0 aliphatic heterocycles. The Bertz CT molecular complexity index is 900. The summed E-state index contributed by atoms with van der Waals surface area (Å²) in [6, 6.07) is 11.4. The van der Waals surface area contributed by atoms with Crippen molar-refractivity contribution in [2.45, 2.75) is 13.8 Å². The van der Waals surface area contributed by atoms with Crippen LogP contribution < -0.4 is 0 Å². The number of carbonyl (C=O) groups is 1. The average molecular weight is 289 g/mol. The molecule has 0 N–H and O–H groups in total. The van der Waals surface area contributed by atoms with Gasteiger partial charge in [-0.15, -0.1) is 4.98 Å². The van der Waals surface area contributed by atoms with Crippen LogP contribution in [0.4, 0.5) is 5.82 Å². The van der Waals surface area contributed by atoms with Gasteiger partial charge in [0.05, 0.1) is 5.52 Å². The number of aromatic nitrogens is 2. The summed E-state index contributed by atoms with van der Waals surface area (Å²) in [5.74, 6) is 0.400. The molecule has 4 nitrogen and oxygen atoms in total. The highest BCUT2D eigenvalue weighted by Gasteiger charge is 2.18. The highest BCUT2D eigenvalue weighted by atomic mass is 16.1. The van der Waals surface area contributed by atoms with Gasteiger partial charge < -0.3 is 9.41 Å². The molecule has 0 unspecified atom stereocenters. The van der Waals surface area contributed by atoms with E-state index < -0.39 is 0 Å². The summed E-state index contributed by atoms with van der Waals surface area (Å²) in [6.07, 6.45) is 3.47. The summed E-state index contributed by atoms with van der Waals surface area (Å²) in [4.78, 5) is 19.8. The molecule has 0 fully saturated rings. The first kappa shape index (κ1) is 14.0. The molecule has 0 saturated heterocycles. The van der Waals surface area contributed by atoms with Gasteiger partial charge in [0.1, 0.15) is 6.20 Å². The summed E-state index contributed by atoms with van der Waals surface area (Å²) in [5, 5.41) is 0.933. The van der Waals surface area contributed by atoms with Gasteiger partial charge in [-0.25, -0.2) is 0 Å². The van der Waals surface area contributed by atoms with Crippen molar-refractivity contribution in [1.82, 2.24) is 9.55 Å². The largest absolute Gasteiger partial charge is 0.361 e. The predicted octanol–water partition coefficient (Wildman–Crippen LogP) is 4.41. The first-order valence-electron chi connectivity index (χ1n) is 7.10. The topological polar surface area (TPSA) is 39.2 Å². The molecule has 3 rings (SSSR count). The molecule has 2 aromatic heterocycles. The van der Waals surface area contributed by atoms with Gasteiger partial charge in [0.2, 0.25) is 0 Å². The van der Waals surface area contributed by atoms with Gasteiger partial charge in [0.15, 0.2) is 5.78 Å². The minimum Gasteiger partial charge on any atom is -0.361 e. The van der Waals surface area contributed by atoms with Crippen molar-refractivity contribution in [2.24, 2.45) is 5.92 Å². The third-order valence-electron chi connectivity index (χ3n) is 3.62. The number of ketones is 1. The molecule has 0 atom stereocenters. The SMILES string of the molecule is [C-]#[N+]c1cc(-n2cc(C(=O)C(C)C)c3ccccc32)ccn1. The smallest absolute Gasteiger partial charge is 0.271 e. The van der Waals surface area contributed by atoms with E-state index >= 15 is 0 Å². The number of fused-ring (bicyclic) bond motifs is 1. The van der Waals surface area contributed by atoms with Crippen LogP contribution >= 0.6 is 0 Å². The van der Waals surface area contributed by atoms with Gasteiger partial charge >= 0.3 is 0 Å². The highest BCUT2D eigenvalue weighted by Crippen LogP contribution is 2.27. The van der Waals surface area contributed by atoms with Crippen LogP contribution in [0.3, 0.4) is 0 Å². The summed E-state index contributed by atoms with van der Waals surface area (Å²) < 4.78 is 1.95. The van der Waals surface area contributed by atoms with E-state index in [-0.39, 0.29) is 11.7 Å². The summed E-state index contributed by atoms with van der Waals surface area (Å²) in [6.45, 7) is 10.9. The fourth-order valence-electron chi connectivity index (χ4n) is 2.52. The van der Waals surface area contributed by atoms with Crippen molar-refractivity contribution in [3.05, 3.63) is 65.8 Å². The molecule has 108 valence electrons. The van der Waals surface area contributed by atoms with Crippen LogP contribution in [-0.2, 0) is 0 Å². The van der Waals surface area contributed by atoms with Crippen LogP contribution in [0.15, 0.2) is 48.8 Å². The second-order valence-electron chi connectivity index (χ2n) is 5.43. The zero-order chi connectivity index (χ0) is 15.7. The van der Waals surface area contributed by atoms with E-state index in [4.69, 9.17) is 6.57 Å². The monoisotopic (exact) mass is 289 g/mol. The zero-order valence-corrected chi connectivity index (χ0v) is 12.4. The first-order valence-corrected chi connectivity index (χ1v) is 7.10. The summed E-state index contributed by atoms with van der Waals surface area (Å²) in [7, 11) is 0. The average Bonchev–Trinajstić information content (AvgIpc) is 2.93. The fraction of sp³-hybridized carbons (Fsp3) is 0.167. The fourth-order valence-corrected chi connectivity index (χ4v) is 2.52. The maximum absolute atomic E-state index is 12.5. The number of Topliss-reactive ketones (excluding diaryl/α,β-unsaturated/α-hetero) is 1. The molecule has 2 heterocycles. The maximum Gasteiger partial charge on any atom is 0.271 e. The molecular formula is C18H15N3O. The van der Waals surface area contributed by atoms with Crippen LogP contribution in [0.25, 0.3) is 21.4 Å². The molecule has 1 aromatic carbocycles. The minimum absolute atomic E-state index is 0.0597. The van der Waals surface area contributed by atoms with E-state index in [0.29, 0.717) is 11.4 Å². The van der Waals surface area contributed by atoms with Gasteiger partial charge in [-0.05, 0) is 12.1 Å². The Balaban J connectivity index is 2.27. The van der Waals surface area contributed by atoms with Gasteiger partial charge in [-0.3, -0.25) is 4.79 Å². The molecule has 22 heavy (non-hydrogen) atoms. The number of nitrogens with zero attached hydrogens (tertiary/aromatic N) is 3. The quantitative estimate of drug-likeness (QED) is 0.529. The number of pyridine rings is 1. The predicted molar refractivity (Wildman–Crippen MR) is 86.5 cm³/mol. The number of hydrogen-bond donors (Lipinski definition) is 0. The normalized spacial score (nSPS) is 10.8. The Morgan fingerprint density at radius 1 is 1.27 bits per heavy atom. The number of para-hydroxylation sites is 1. The molecule has 0 bridgehead atoms. The Morgan fingerprint density at radius 2 is 2.05 bits per heavy atom. The number of benzene rings is 1. The van der Waals surface area contributed by atoms with Gasteiger partial charge in [0.25, 0.3) is 5.82 Å². The zero-order valence-electron chi connectivity index (χ0n) is 12.4. The molecule has 0 amide bonds. The summed E-state index contributed by atoms with van der Waals surface area (Å²) in [5.41, 5.74) is 2.50. The van der Waals surface area contributed by atoms with E-state index in [1.807, 2.05) is 54.9 Å². The molecule has 0 radical (unpaired) electrons. The molecule has 3 aromatic rings. The molecule has 0 aliphatic rings. The van der Waals surface area contributed by atoms with Crippen LogP contribution in [-0.4, -0.2) is 15.3 Å². The van der Waals surface area contributed by atoms with E-state index in [1.165, 1.54) is 0 Å². The number of hydrogen-bond acceptors (Lipinski definition) is 2. The van der Waals surface area contributed by atoms with E-state index in [2.05, 4.69) is 9.83 Å². The highest BCUT2D eigenvalue weighted by molar-refractivity contribution is 6.09. The molecule has 4 heteroatoms. The van der Waals surface area contributed by atoms with E-state index in [1.54, 1.807) is 12.3 Å². The first-order chi connectivity index (χ1) is 10.6. The van der Waals surface area contributed by atoms with E-state index in [9.17, 15) is 4.79 Å². The van der Waals surface area contributed by atoms with E-state index in [0.717, 1.165) is 16.6 Å². The maximum atomic E-state index is 12.5. The van der Waals surface area contributed by atoms with Crippen LogP contribution in [0.1, 0.15) is 24.2 Å². The van der Waals surface area contributed by atoms with Gasteiger partial charge in [0, 0.05) is 34.8 Å². The van der Waals surface area contributed by atoms with Crippen molar-refractivity contribution in [1.29, 1.82) is 0 Å². The Hall–Kier alpha value is -2.93. The lowest BCUT2D eigenvalue weighted by Gasteiger charge is -2.04. The third-order valence-corrected chi connectivity index (χ3v) is 3.62. The van der Waals surface area contributed by atoms with Crippen LogP contribution in [0.5, 0.6) is 0 Å². The number of rotatable bonds is 3. The second kappa shape index (κ2) is 5.45. The Morgan fingerprint density at radius 3 is 2.77 bits per heavy atom. The lowest BCUT2D eigenvalue weighted by Crippen LogP contribution is -2.06. The second-order valence-corrected chi connectivity index (χ2v) is 5.43. The lowest BCUT2D eigenvalue weighted by atomic mass is 10.0. The standard InChI is InChI=1S/C18H15N3O/c1-12(2)18(22)15-11-21(16-7-5-4-6-14(15)16)13-8-9-20-17(10-13)19-3/h4-12H,1-2H3. The van der Waals surface area contributed by atoms with Crippen molar-refractivity contribution >= 4 is 22.5 Å². The minimum atomic E-state index is -0.0597. The molecule has 0 spiro atoms. The van der Waals surface area contributed by atoms with Crippen molar-refractivity contribution in [2.75, 3.05) is 0 Å². The molecule has 0 aliphatic carbocycles. The number of carbonyl (C=O) groups excluding carboxylic acids is 1. The van der Waals surface area contributed by atoms with Crippen molar-refractivity contribution in [3.8, 4) is 5.69 Å². The van der Waals surface area contributed by atoms with Crippen LogP contribution in [0, 0.1) is 12.5 Å². The third kappa shape index (κ3) is 2.27. The molecule has 0 saturated carbocycles. The van der Waals surface area contributed by atoms with Crippen molar-refractivity contribution in [3.63, 3.8) is 0 Å². The van der Waals surface area contributed by atoms with Crippen LogP contribution in [0.2, 0.25) is 0 Å². The summed E-state index contributed by atoms with van der Waals surface area (Å²) >= 11 is 0. The lowest BCUT2D eigenvalue weighted by molar-refractivity contribution is 0.0941.